The van der Waals surface area contributed by atoms with Gasteiger partial charge in [-0.15, -0.1) is 0 Å². The molecule has 0 saturated carbocycles. The normalized spacial score (nSPS) is 9.50. The summed E-state index contributed by atoms with van der Waals surface area (Å²) in [6, 6.07) is 8.95. The molecule has 1 aromatic carbocycles. The van der Waals surface area contributed by atoms with E-state index >= 15 is 0 Å². The van der Waals surface area contributed by atoms with Crippen LogP contribution in [0.25, 0.3) is 0 Å². The fourth-order valence-corrected chi connectivity index (χ4v) is 1.25. The third-order valence-electron chi connectivity index (χ3n) is 2.03. The molecular weight excluding hydrogens is 206 g/mol. The number of carbonyl (C=O) groups is 1. The molecule has 0 aromatic heterocycles. The first-order valence-electron chi connectivity index (χ1n) is 4.90. The highest BCUT2D eigenvalue weighted by molar-refractivity contribution is 5.91. The zero-order chi connectivity index (χ0) is 11.8. The van der Waals surface area contributed by atoms with E-state index in [0.717, 1.165) is 0 Å². The number of hydrogen-bond acceptors (Lipinski definition) is 4. The van der Waals surface area contributed by atoms with Crippen LogP contribution in [0.1, 0.15) is 15.9 Å². The minimum atomic E-state index is -0.414. The van der Waals surface area contributed by atoms with E-state index in [1.807, 2.05) is 6.07 Å². The van der Waals surface area contributed by atoms with Crippen LogP contribution in [0.15, 0.2) is 24.3 Å². The van der Waals surface area contributed by atoms with Crippen LogP contribution in [0.3, 0.4) is 0 Å². The number of methoxy groups -OCH3 is 1. The summed E-state index contributed by atoms with van der Waals surface area (Å²) in [5, 5.41) is 8.62. The number of nitrogens with zero attached hydrogens (tertiary/aromatic N) is 1. The maximum atomic E-state index is 11.6. The molecule has 1 rings (SSSR count). The molecule has 0 spiro atoms. The van der Waals surface area contributed by atoms with E-state index in [2.05, 4.69) is 0 Å². The lowest BCUT2D eigenvalue weighted by molar-refractivity contribution is 0.0387. The number of ether oxygens (including phenoxy) is 2. The van der Waals surface area contributed by atoms with Gasteiger partial charge in [0, 0.05) is 7.11 Å². The van der Waals surface area contributed by atoms with Crippen LogP contribution in [-0.2, 0) is 15.9 Å². The SMILES string of the molecule is COCCOC(=O)c1ccccc1CC#N. The predicted octanol–water partition coefficient (Wildman–Crippen LogP) is 1.56. The fourth-order valence-electron chi connectivity index (χ4n) is 1.25. The lowest BCUT2D eigenvalue weighted by Gasteiger charge is -2.06. The summed E-state index contributed by atoms with van der Waals surface area (Å²) in [4.78, 5) is 11.6. The Morgan fingerprint density at radius 1 is 1.38 bits per heavy atom. The van der Waals surface area contributed by atoms with E-state index in [4.69, 9.17) is 14.7 Å². The highest BCUT2D eigenvalue weighted by Gasteiger charge is 2.11. The summed E-state index contributed by atoms with van der Waals surface area (Å²) in [5.41, 5.74) is 1.13. The van der Waals surface area contributed by atoms with Gasteiger partial charge in [-0.25, -0.2) is 4.79 Å². The molecule has 0 aliphatic heterocycles. The van der Waals surface area contributed by atoms with Crippen molar-refractivity contribution in [1.29, 1.82) is 5.26 Å². The second-order valence-corrected chi connectivity index (χ2v) is 3.12. The van der Waals surface area contributed by atoms with Gasteiger partial charge < -0.3 is 9.47 Å². The molecule has 0 radical (unpaired) electrons. The van der Waals surface area contributed by atoms with Gasteiger partial charge in [-0.3, -0.25) is 0 Å². The van der Waals surface area contributed by atoms with E-state index in [0.29, 0.717) is 17.7 Å². The van der Waals surface area contributed by atoms with Crippen molar-refractivity contribution in [2.24, 2.45) is 0 Å². The Labute approximate surface area is 94.4 Å². The van der Waals surface area contributed by atoms with Crippen molar-refractivity contribution in [2.45, 2.75) is 6.42 Å². The lowest BCUT2D eigenvalue weighted by Crippen LogP contribution is -2.11. The zero-order valence-electron chi connectivity index (χ0n) is 9.10. The topological polar surface area (TPSA) is 59.3 Å². The molecule has 0 saturated heterocycles. The van der Waals surface area contributed by atoms with Crippen molar-refractivity contribution < 1.29 is 14.3 Å². The number of rotatable bonds is 5. The molecule has 1 aromatic rings. The van der Waals surface area contributed by atoms with E-state index in [1.165, 1.54) is 7.11 Å². The van der Waals surface area contributed by atoms with Crippen LogP contribution in [-0.4, -0.2) is 26.3 Å². The van der Waals surface area contributed by atoms with Crippen molar-refractivity contribution in [3.8, 4) is 6.07 Å². The third kappa shape index (κ3) is 3.37. The first-order valence-corrected chi connectivity index (χ1v) is 4.90. The molecule has 0 aliphatic rings. The van der Waals surface area contributed by atoms with Gasteiger partial charge in [-0.05, 0) is 11.6 Å². The van der Waals surface area contributed by atoms with Gasteiger partial charge in [-0.1, -0.05) is 18.2 Å². The number of nitriles is 1. The fraction of sp³-hybridized carbons (Fsp3) is 0.333. The average Bonchev–Trinajstić information content (AvgIpc) is 2.30. The molecule has 0 N–H and O–H groups in total. The van der Waals surface area contributed by atoms with Crippen LogP contribution in [0, 0.1) is 11.3 Å². The van der Waals surface area contributed by atoms with Gasteiger partial charge in [-0.2, -0.15) is 5.26 Å². The summed E-state index contributed by atoms with van der Waals surface area (Å²) in [5.74, 6) is -0.414. The van der Waals surface area contributed by atoms with Crippen LogP contribution in [0.4, 0.5) is 0 Å². The minimum absolute atomic E-state index is 0.204. The van der Waals surface area contributed by atoms with Crippen LogP contribution in [0.5, 0.6) is 0 Å². The molecule has 0 atom stereocenters. The summed E-state index contributed by atoms with van der Waals surface area (Å²) in [6.07, 6.45) is 0.204. The Hall–Kier alpha value is -1.86. The first kappa shape index (κ1) is 12.2. The lowest BCUT2D eigenvalue weighted by atomic mass is 10.1. The Morgan fingerprint density at radius 3 is 2.81 bits per heavy atom. The highest BCUT2D eigenvalue weighted by Crippen LogP contribution is 2.10. The van der Waals surface area contributed by atoms with Crippen molar-refractivity contribution >= 4 is 5.97 Å². The van der Waals surface area contributed by atoms with Gasteiger partial charge in [0.05, 0.1) is 24.7 Å². The van der Waals surface area contributed by atoms with Crippen molar-refractivity contribution in [3.05, 3.63) is 35.4 Å². The molecule has 0 fully saturated rings. The van der Waals surface area contributed by atoms with E-state index in [1.54, 1.807) is 24.3 Å². The Morgan fingerprint density at radius 2 is 2.12 bits per heavy atom. The highest BCUT2D eigenvalue weighted by atomic mass is 16.6. The third-order valence-corrected chi connectivity index (χ3v) is 2.03. The minimum Gasteiger partial charge on any atom is -0.460 e. The second-order valence-electron chi connectivity index (χ2n) is 3.12. The number of benzene rings is 1. The number of esters is 1. The predicted molar refractivity (Wildman–Crippen MR) is 57.9 cm³/mol. The summed E-state index contributed by atoms with van der Waals surface area (Å²) < 4.78 is 9.76. The van der Waals surface area contributed by atoms with Gasteiger partial charge in [0.15, 0.2) is 0 Å². The second kappa shape index (κ2) is 6.59. The van der Waals surface area contributed by atoms with Crippen molar-refractivity contribution in [3.63, 3.8) is 0 Å². The standard InChI is InChI=1S/C12H13NO3/c1-15-8-9-16-12(14)11-5-3-2-4-10(11)6-7-13/h2-5H,6,8-9H2,1H3. The monoisotopic (exact) mass is 219 g/mol. The number of hydrogen-bond donors (Lipinski definition) is 0. The maximum Gasteiger partial charge on any atom is 0.338 e. The molecule has 0 heterocycles. The Kier molecular flexibility index (Phi) is 5.03. The Bertz CT molecular complexity index is 395. The summed E-state index contributed by atoms with van der Waals surface area (Å²) in [6.45, 7) is 0.586. The van der Waals surface area contributed by atoms with E-state index < -0.39 is 5.97 Å². The van der Waals surface area contributed by atoms with Crippen molar-refractivity contribution in [1.82, 2.24) is 0 Å². The summed E-state index contributed by atoms with van der Waals surface area (Å²) in [7, 11) is 1.54. The van der Waals surface area contributed by atoms with E-state index in [-0.39, 0.29) is 13.0 Å². The molecule has 0 unspecified atom stereocenters. The van der Waals surface area contributed by atoms with Crippen LogP contribution in [0.2, 0.25) is 0 Å². The Balaban J connectivity index is 2.71. The van der Waals surface area contributed by atoms with Gasteiger partial charge >= 0.3 is 5.97 Å². The molecule has 0 aliphatic carbocycles. The van der Waals surface area contributed by atoms with Crippen LogP contribution < -0.4 is 0 Å². The van der Waals surface area contributed by atoms with Gasteiger partial charge in [0.2, 0.25) is 0 Å². The average molecular weight is 219 g/mol. The molecular formula is C12H13NO3. The molecule has 16 heavy (non-hydrogen) atoms. The number of carbonyl (C=O) groups excluding carboxylic acids is 1. The largest absolute Gasteiger partial charge is 0.460 e. The quantitative estimate of drug-likeness (QED) is 0.557. The van der Waals surface area contributed by atoms with E-state index in [9.17, 15) is 4.79 Å². The molecule has 4 heteroatoms. The molecule has 84 valence electrons. The van der Waals surface area contributed by atoms with Gasteiger partial charge in [0.1, 0.15) is 6.61 Å². The molecule has 0 amide bonds. The molecule has 0 bridgehead atoms. The molecule has 4 nitrogen and oxygen atoms in total. The zero-order valence-corrected chi connectivity index (χ0v) is 9.10. The van der Waals surface area contributed by atoms with Crippen LogP contribution >= 0.6 is 0 Å². The smallest absolute Gasteiger partial charge is 0.338 e. The summed E-state index contributed by atoms with van der Waals surface area (Å²) >= 11 is 0. The first-order chi connectivity index (χ1) is 7.79. The van der Waals surface area contributed by atoms with Crippen molar-refractivity contribution in [2.75, 3.05) is 20.3 Å². The maximum absolute atomic E-state index is 11.6. The van der Waals surface area contributed by atoms with Gasteiger partial charge in [0.25, 0.3) is 0 Å².